The number of nitrogens with zero attached hydrogens (tertiary/aromatic N) is 1. The Morgan fingerprint density at radius 3 is 2.53 bits per heavy atom. The number of hydrogen-bond acceptors (Lipinski definition) is 3. The average molecular weight is 239 g/mol. The van der Waals surface area contributed by atoms with Gasteiger partial charge in [0.25, 0.3) is 0 Å². The van der Waals surface area contributed by atoms with E-state index in [9.17, 15) is 0 Å². The van der Waals surface area contributed by atoms with E-state index in [-0.39, 0.29) is 12.2 Å². The summed E-state index contributed by atoms with van der Waals surface area (Å²) >= 11 is 0. The van der Waals surface area contributed by atoms with Gasteiger partial charge in [0.05, 0.1) is 18.3 Å². The van der Waals surface area contributed by atoms with Crippen molar-refractivity contribution in [3.05, 3.63) is 0 Å². The minimum absolute atomic E-state index is 0.263. The van der Waals surface area contributed by atoms with Crippen LogP contribution in [0.5, 0.6) is 0 Å². The second-order valence-corrected chi connectivity index (χ2v) is 6.12. The SMILES string of the molecule is OCCN(CC1CCC2(CCCC2)O1)C1CC1. The van der Waals surface area contributed by atoms with Gasteiger partial charge in [-0.1, -0.05) is 12.8 Å². The normalized spacial score (nSPS) is 31.8. The predicted octanol–water partition coefficient (Wildman–Crippen LogP) is 1.93. The van der Waals surface area contributed by atoms with Crippen molar-refractivity contribution in [3.63, 3.8) is 0 Å². The van der Waals surface area contributed by atoms with Gasteiger partial charge in [-0.3, -0.25) is 4.90 Å². The molecule has 1 saturated heterocycles. The molecule has 98 valence electrons. The Labute approximate surface area is 104 Å². The predicted molar refractivity (Wildman–Crippen MR) is 67.0 cm³/mol. The van der Waals surface area contributed by atoms with Gasteiger partial charge in [-0.2, -0.15) is 0 Å². The minimum Gasteiger partial charge on any atom is -0.395 e. The van der Waals surface area contributed by atoms with Gasteiger partial charge in [0, 0.05) is 19.1 Å². The van der Waals surface area contributed by atoms with Crippen molar-refractivity contribution in [2.24, 2.45) is 0 Å². The first-order chi connectivity index (χ1) is 8.31. The summed E-state index contributed by atoms with van der Waals surface area (Å²) in [5.41, 5.74) is 0.263. The molecule has 3 rings (SSSR count). The molecule has 1 atom stereocenters. The quantitative estimate of drug-likeness (QED) is 0.796. The second kappa shape index (κ2) is 4.87. The molecule has 2 aliphatic carbocycles. The van der Waals surface area contributed by atoms with Crippen LogP contribution in [0, 0.1) is 0 Å². The van der Waals surface area contributed by atoms with E-state index < -0.39 is 0 Å². The fourth-order valence-electron chi connectivity index (χ4n) is 3.66. The van der Waals surface area contributed by atoms with Crippen molar-refractivity contribution in [2.75, 3.05) is 19.7 Å². The van der Waals surface area contributed by atoms with Crippen LogP contribution in [-0.2, 0) is 4.74 Å². The van der Waals surface area contributed by atoms with E-state index in [0.717, 1.165) is 19.1 Å². The number of aliphatic hydroxyl groups excluding tert-OH is 1. The fourth-order valence-corrected chi connectivity index (χ4v) is 3.66. The van der Waals surface area contributed by atoms with Gasteiger partial charge < -0.3 is 9.84 Å². The van der Waals surface area contributed by atoms with Gasteiger partial charge in [-0.05, 0) is 38.5 Å². The van der Waals surface area contributed by atoms with Crippen LogP contribution in [0.3, 0.4) is 0 Å². The van der Waals surface area contributed by atoms with Gasteiger partial charge in [0.2, 0.25) is 0 Å². The third kappa shape index (κ3) is 2.67. The molecule has 1 unspecified atom stereocenters. The number of aliphatic hydroxyl groups is 1. The molecule has 1 spiro atoms. The first kappa shape index (κ1) is 11.9. The Kier molecular flexibility index (Phi) is 3.42. The third-order valence-electron chi connectivity index (χ3n) is 4.74. The fraction of sp³-hybridized carbons (Fsp3) is 1.00. The van der Waals surface area contributed by atoms with E-state index in [4.69, 9.17) is 9.84 Å². The van der Waals surface area contributed by atoms with Crippen LogP contribution in [-0.4, -0.2) is 47.4 Å². The van der Waals surface area contributed by atoms with Crippen LogP contribution in [0.2, 0.25) is 0 Å². The zero-order valence-electron chi connectivity index (χ0n) is 10.7. The summed E-state index contributed by atoms with van der Waals surface area (Å²) in [6, 6.07) is 0.742. The lowest BCUT2D eigenvalue weighted by atomic mass is 9.98. The first-order valence-electron chi connectivity index (χ1n) is 7.34. The molecule has 0 aromatic heterocycles. The molecule has 0 aromatic rings. The molecule has 2 saturated carbocycles. The summed E-state index contributed by atoms with van der Waals surface area (Å²) in [4.78, 5) is 2.44. The molecule has 1 heterocycles. The van der Waals surface area contributed by atoms with Crippen molar-refractivity contribution in [1.29, 1.82) is 0 Å². The summed E-state index contributed by atoms with van der Waals surface area (Å²) in [5.74, 6) is 0. The largest absolute Gasteiger partial charge is 0.395 e. The highest BCUT2D eigenvalue weighted by molar-refractivity contribution is 4.95. The Bertz CT molecular complexity index is 259. The summed E-state index contributed by atoms with van der Waals surface area (Å²) in [5, 5.41) is 9.11. The summed E-state index contributed by atoms with van der Waals surface area (Å²) in [6.07, 6.45) is 10.9. The van der Waals surface area contributed by atoms with Crippen LogP contribution in [0.15, 0.2) is 0 Å². The molecule has 0 aromatic carbocycles. The molecule has 3 nitrogen and oxygen atoms in total. The molecule has 3 aliphatic rings. The highest BCUT2D eigenvalue weighted by Gasteiger charge is 2.43. The van der Waals surface area contributed by atoms with Crippen LogP contribution in [0.4, 0.5) is 0 Å². The van der Waals surface area contributed by atoms with E-state index in [1.165, 1.54) is 51.4 Å². The van der Waals surface area contributed by atoms with Gasteiger partial charge in [-0.25, -0.2) is 0 Å². The smallest absolute Gasteiger partial charge is 0.0710 e. The molecular formula is C14H25NO2. The highest BCUT2D eigenvalue weighted by atomic mass is 16.5. The van der Waals surface area contributed by atoms with Gasteiger partial charge >= 0.3 is 0 Å². The van der Waals surface area contributed by atoms with E-state index >= 15 is 0 Å². The lowest BCUT2D eigenvalue weighted by Gasteiger charge is -2.27. The van der Waals surface area contributed by atoms with E-state index in [2.05, 4.69) is 4.90 Å². The van der Waals surface area contributed by atoms with Gasteiger partial charge in [0.1, 0.15) is 0 Å². The van der Waals surface area contributed by atoms with Crippen molar-refractivity contribution >= 4 is 0 Å². The van der Waals surface area contributed by atoms with Crippen molar-refractivity contribution < 1.29 is 9.84 Å². The van der Waals surface area contributed by atoms with Crippen molar-refractivity contribution in [1.82, 2.24) is 4.90 Å². The van der Waals surface area contributed by atoms with E-state index in [1.54, 1.807) is 0 Å². The molecule has 3 heteroatoms. The molecule has 0 bridgehead atoms. The Morgan fingerprint density at radius 2 is 1.88 bits per heavy atom. The zero-order valence-corrected chi connectivity index (χ0v) is 10.7. The van der Waals surface area contributed by atoms with Crippen LogP contribution < -0.4 is 0 Å². The summed E-state index contributed by atoms with van der Waals surface area (Å²) < 4.78 is 6.34. The standard InChI is InChI=1S/C14H25NO2/c16-10-9-15(12-3-4-12)11-13-5-8-14(17-13)6-1-2-7-14/h12-13,16H,1-11H2. The maximum Gasteiger partial charge on any atom is 0.0710 e. The lowest BCUT2D eigenvalue weighted by Crippen LogP contribution is -2.37. The minimum atomic E-state index is 0.263. The molecule has 1 aliphatic heterocycles. The molecule has 0 radical (unpaired) electrons. The number of rotatable bonds is 5. The maximum atomic E-state index is 9.11. The molecular weight excluding hydrogens is 214 g/mol. The third-order valence-corrected chi connectivity index (χ3v) is 4.74. The van der Waals surface area contributed by atoms with E-state index in [1.807, 2.05) is 0 Å². The molecule has 1 N–H and O–H groups in total. The van der Waals surface area contributed by atoms with Crippen LogP contribution in [0.1, 0.15) is 51.4 Å². The zero-order chi connectivity index (χ0) is 11.7. The highest BCUT2D eigenvalue weighted by Crippen LogP contribution is 2.43. The molecule has 0 amide bonds. The summed E-state index contributed by atoms with van der Waals surface area (Å²) in [7, 11) is 0. The summed E-state index contributed by atoms with van der Waals surface area (Å²) in [6.45, 7) is 2.17. The first-order valence-corrected chi connectivity index (χ1v) is 7.34. The van der Waals surface area contributed by atoms with Crippen molar-refractivity contribution in [2.45, 2.75) is 69.1 Å². The molecule has 3 fully saturated rings. The molecule has 17 heavy (non-hydrogen) atoms. The van der Waals surface area contributed by atoms with Crippen LogP contribution >= 0.6 is 0 Å². The van der Waals surface area contributed by atoms with Crippen LogP contribution in [0.25, 0.3) is 0 Å². The Morgan fingerprint density at radius 1 is 1.12 bits per heavy atom. The Hall–Kier alpha value is -0.120. The number of hydrogen-bond donors (Lipinski definition) is 1. The van der Waals surface area contributed by atoms with Gasteiger partial charge in [-0.15, -0.1) is 0 Å². The maximum absolute atomic E-state index is 9.11. The number of ether oxygens (including phenoxy) is 1. The van der Waals surface area contributed by atoms with Gasteiger partial charge in [0.15, 0.2) is 0 Å². The average Bonchev–Trinajstić information content (AvgIpc) is 2.97. The van der Waals surface area contributed by atoms with Crippen molar-refractivity contribution in [3.8, 4) is 0 Å². The second-order valence-electron chi connectivity index (χ2n) is 6.12. The van der Waals surface area contributed by atoms with E-state index in [0.29, 0.717) is 6.10 Å². The topological polar surface area (TPSA) is 32.7 Å². The lowest BCUT2D eigenvalue weighted by molar-refractivity contribution is -0.0490. The Balaban J connectivity index is 1.51. The monoisotopic (exact) mass is 239 g/mol.